The molecule has 0 atom stereocenters. The molecule has 1 heterocycles. The molecule has 0 saturated carbocycles. The minimum atomic E-state index is -3.49. The lowest BCUT2D eigenvalue weighted by molar-refractivity contribution is -0.126. The molecule has 0 radical (unpaired) electrons. The predicted molar refractivity (Wildman–Crippen MR) is 126 cm³/mol. The Morgan fingerprint density at radius 3 is 2.23 bits per heavy atom. The average Bonchev–Trinajstić information content (AvgIpc) is 2.75. The zero-order valence-electron chi connectivity index (χ0n) is 17.6. The van der Waals surface area contributed by atoms with E-state index < -0.39 is 10.0 Å². The van der Waals surface area contributed by atoms with Gasteiger partial charge in [0.25, 0.3) is 0 Å². The molecule has 2 aromatic carbocycles. The van der Waals surface area contributed by atoms with Gasteiger partial charge in [0.1, 0.15) is 0 Å². The van der Waals surface area contributed by atoms with Gasteiger partial charge in [0, 0.05) is 45.3 Å². The topological polar surface area (TPSA) is 69.7 Å². The fourth-order valence-corrected chi connectivity index (χ4v) is 5.44. The van der Waals surface area contributed by atoms with E-state index in [9.17, 15) is 13.2 Å². The third-order valence-electron chi connectivity index (χ3n) is 5.47. The normalized spacial score (nSPS) is 15.6. The molecule has 0 unspecified atom stereocenters. The van der Waals surface area contributed by atoms with Crippen LogP contribution in [-0.2, 0) is 27.1 Å². The van der Waals surface area contributed by atoms with Crippen LogP contribution < -0.4 is 10.2 Å². The summed E-state index contributed by atoms with van der Waals surface area (Å²) in [5.41, 5.74) is 2.72. The summed E-state index contributed by atoms with van der Waals surface area (Å²) in [6.07, 6.45) is 1.01. The molecule has 3 rings (SSSR count). The van der Waals surface area contributed by atoms with Crippen molar-refractivity contribution in [3.63, 3.8) is 0 Å². The van der Waals surface area contributed by atoms with E-state index in [1.807, 2.05) is 43.3 Å². The molecule has 0 aliphatic carbocycles. The van der Waals surface area contributed by atoms with Crippen LogP contribution in [0, 0.1) is 5.92 Å². The number of rotatable bonds is 7. The number of hydrogen-bond donors (Lipinski definition) is 1. The van der Waals surface area contributed by atoms with Gasteiger partial charge in [-0.1, -0.05) is 41.4 Å². The maximum absolute atomic E-state index is 12.8. The second kappa shape index (κ2) is 10.2. The number of carbonyl (C=O) groups excluding carboxylic acids is 1. The Morgan fingerprint density at radius 2 is 1.65 bits per heavy atom. The first-order valence-electron chi connectivity index (χ1n) is 10.1. The molecule has 1 amide bonds. The van der Waals surface area contributed by atoms with Crippen molar-refractivity contribution >= 4 is 44.8 Å². The summed E-state index contributed by atoms with van der Waals surface area (Å²) in [6, 6.07) is 12.8. The van der Waals surface area contributed by atoms with Crippen molar-refractivity contribution < 1.29 is 13.2 Å². The van der Waals surface area contributed by atoms with Crippen LogP contribution in [0.1, 0.15) is 24.0 Å². The summed E-state index contributed by atoms with van der Waals surface area (Å²) >= 11 is 11.9. The van der Waals surface area contributed by atoms with E-state index in [2.05, 4.69) is 5.32 Å². The van der Waals surface area contributed by atoms with Crippen molar-refractivity contribution in [3.8, 4) is 0 Å². The second-order valence-electron chi connectivity index (χ2n) is 7.96. The molecular formula is C22H27Cl2N3O3S. The molecule has 1 aliphatic rings. The van der Waals surface area contributed by atoms with Gasteiger partial charge in [-0.2, -0.15) is 0 Å². The number of benzene rings is 2. The summed E-state index contributed by atoms with van der Waals surface area (Å²) in [7, 11) is 0.475. The maximum Gasteiger partial charge on any atom is 0.223 e. The first kappa shape index (κ1) is 23.9. The average molecular weight is 484 g/mol. The molecule has 0 bridgehead atoms. The van der Waals surface area contributed by atoms with Crippen molar-refractivity contribution in [1.29, 1.82) is 0 Å². The Balaban J connectivity index is 1.49. The van der Waals surface area contributed by atoms with Gasteiger partial charge < -0.3 is 10.2 Å². The van der Waals surface area contributed by atoms with Crippen LogP contribution in [0.2, 0.25) is 10.0 Å². The molecule has 168 valence electrons. The highest BCUT2D eigenvalue weighted by Crippen LogP contribution is 2.26. The summed E-state index contributed by atoms with van der Waals surface area (Å²) < 4.78 is 27.0. The molecule has 9 heteroatoms. The number of hydrogen-bond acceptors (Lipinski definition) is 4. The Hall–Kier alpha value is -1.80. The minimum Gasteiger partial charge on any atom is -0.378 e. The maximum atomic E-state index is 12.8. The Morgan fingerprint density at radius 1 is 1.03 bits per heavy atom. The van der Waals surface area contributed by atoms with Crippen LogP contribution >= 0.6 is 23.2 Å². The molecule has 0 spiro atoms. The quantitative estimate of drug-likeness (QED) is 0.647. The number of halogens is 2. The lowest BCUT2D eigenvalue weighted by atomic mass is 9.97. The number of anilines is 1. The predicted octanol–water partition coefficient (Wildman–Crippen LogP) is 3.92. The third-order valence-corrected chi connectivity index (χ3v) is 8.06. The highest BCUT2D eigenvalue weighted by molar-refractivity contribution is 7.88. The van der Waals surface area contributed by atoms with Crippen LogP contribution in [0.25, 0.3) is 0 Å². The van der Waals surface area contributed by atoms with Crippen LogP contribution in [0.3, 0.4) is 0 Å². The summed E-state index contributed by atoms with van der Waals surface area (Å²) in [6.45, 7) is 1.13. The molecule has 1 saturated heterocycles. The van der Waals surface area contributed by atoms with Crippen LogP contribution in [-0.4, -0.2) is 45.8 Å². The van der Waals surface area contributed by atoms with Crippen molar-refractivity contribution in [3.05, 3.63) is 63.6 Å². The van der Waals surface area contributed by atoms with E-state index >= 15 is 0 Å². The highest BCUT2D eigenvalue weighted by atomic mass is 35.5. The van der Waals surface area contributed by atoms with Crippen molar-refractivity contribution in [2.75, 3.05) is 32.1 Å². The molecule has 31 heavy (non-hydrogen) atoms. The monoisotopic (exact) mass is 483 g/mol. The number of nitrogens with zero attached hydrogens (tertiary/aromatic N) is 2. The Labute approximate surface area is 194 Å². The van der Waals surface area contributed by atoms with E-state index in [0.29, 0.717) is 48.1 Å². The first-order valence-corrected chi connectivity index (χ1v) is 12.5. The van der Waals surface area contributed by atoms with E-state index in [1.165, 1.54) is 4.31 Å². The summed E-state index contributed by atoms with van der Waals surface area (Å²) in [5.74, 6) is -0.348. The Bertz CT molecular complexity index is 1020. The van der Waals surface area contributed by atoms with Gasteiger partial charge in [0.05, 0.1) is 15.8 Å². The zero-order chi connectivity index (χ0) is 22.6. The molecule has 2 aromatic rings. The van der Waals surface area contributed by atoms with Crippen molar-refractivity contribution in [2.45, 2.75) is 25.1 Å². The molecule has 1 N–H and O–H groups in total. The van der Waals surface area contributed by atoms with Gasteiger partial charge in [-0.3, -0.25) is 4.79 Å². The van der Waals surface area contributed by atoms with E-state index in [0.717, 1.165) is 11.3 Å². The van der Waals surface area contributed by atoms with Gasteiger partial charge >= 0.3 is 0 Å². The molecule has 1 aliphatic heterocycles. The second-order valence-corrected chi connectivity index (χ2v) is 10.7. The number of nitrogens with one attached hydrogen (secondary N) is 1. The Kier molecular flexibility index (Phi) is 7.86. The molecule has 1 fully saturated rings. The first-order chi connectivity index (χ1) is 14.7. The van der Waals surface area contributed by atoms with Crippen LogP contribution in [0.4, 0.5) is 5.69 Å². The zero-order valence-corrected chi connectivity index (χ0v) is 20.0. The number of amides is 1. The van der Waals surface area contributed by atoms with Gasteiger partial charge in [-0.15, -0.1) is 0 Å². The fourth-order valence-electron chi connectivity index (χ4n) is 3.57. The third kappa shape index (κ3) is 6.35. The van der Waals surface area contributed by atoms with E-state index in [-0.39, 0.29) is 17.6 Å². The molecular weight excluding hydrogens is 457 g/mol. The van der Waals surface area contributed by atoms with Crippen LogP contribution in [0.5, 0.6) is 0 Å². The van der Waals surface area contributed by atoms with Gasteiger partial charge in [0.15, 0.2) is 0 Å². The number of carbonyl (C=O) groups is 1. The minimum absolute atomic E-state index is 0.0294. The van der Waals surface area contributed by atoms with Crippen LogP contribution in [0.15, 0.2) is 42.5 Å². The summed E-state index contributed by atoms with van der Waals surface area (Å²) in [4.78, 5) is 14.6. The fraction of sp³-hybridized carbons (Fsp3) is 0.409. The standard InChI is InChI=1S/C22H27Cl2N3O3S/c1-26(2)19-6-3-16(4-7-19)14-25-22(28)18-9-11-27(12-10-18)31(29,30)15-17-5-8-20(23)21(24)13-17/h3-8,13,18H,9-12,14-15H2,1-2H3,(H,25,28). The van der Waals surface area contributed by atoms with Gasteiger partial charge in [-0.25, -0.2) is 12.7 Å². The smallest absolute Gasteiger partial charge is 0.223 e. The number of sulfonamides is 1. The van der Waals surface area contributed by atoms with Gasteiger partial charge in [-0.05, 0) is 48.2 Å². The van der Waals surface area contributed by atoms with Crippen molar-refractivity contribution in [1.82, 2.24) is 9.62 Å². The molecule has 0 aromatic heterocycles. The van der Waals surface area contributed by atoms with E-state index in [4.69, 9.17) is 23.2 Å². The SMILES string of the molecule is CN(C)c1ccc(CNC(=O)C2CCN(S(=O)(=O)Cc3ccc(Cl)c(Cl)c3)CC2)cc1. The lowest BCUT2D eigenvalue weighted by Gasteiger charge is -2.30. The largest absolute Gasteiger partial charge is 0.378 e. The van der Waals surface area contributed by atoms with Crippen molar-refractivity contribution in [2.24, 2.45) is 5.92 Å². The molecule has 6 nitrogen and oxygen atoms in total. The summed E-state index contributed by atoms with van der Waals surface area (Å²) in [5, 5.41) is 3.70. The number of piperidine rings is 1. The lowest BCUT2D eigenvalue weighted by Crippen LogP contribution is -2.43. The van der Waals surface area contributed by atoms with E-state index in [1.54, 1.807) is 18.2 Å². The highest BCUT2D eigenvalue weighted by Gasteiger charge is 2.31. The van der Waals surface area contributed by atoms with Gasteiger partial charge in [0.2, 0.25) is 15.9 Å².